The molecule has 5 heteroatoms. The molecule has 0 aromatic heterocycles. The van der Waals surface area contributed by atoms with E-state index in [0.29, 0.717) is 6.54 Å². The Kier molecular flexibility index (Phi) is 3.45. The minimum absolute atomic E-state index is 0.129. The van der Waals surface area contributed by atoms with E-state index in [1.54, 1.807) is 18.2 Å². The van der Waals surface area contributed by atoms with Gasteiger partial charge in [0.1, 0.15) is 0 Å². The predicted molar refractivity (Wildman–Crippen MR) is 79.7 cm³/mol. The summed E-state index contributed by atoms with van der Waals surface area (Å²) < 4.78 is 0. The number of hydrogen-bond donors (Lipinski definition) is 2. The van der Waals surface area contributed by atoms with Gasteiger partial charge in [0.15, 0.2) is 0 Å². The molecule has 0 spiro atoms. The van der Waals surface area contributed by atoms with Crippen LogP contribution in [-0.4, -0.2) is 35.6 Å². The lowest BCUT2D eigenvalue weighted by molar-refractivity contribution is -0.124. The minimum atomic E-state index is -0.926. The Morgan fingerprint density at radius 1 is 1.43 bits per heavy atom. The van der Waals surface area contributed by atoms with Gasteiger partial charge in [-0.25, -0.2) is 4.79 Å². The molecular formula is C16H20N2O3. The first-order valence-electron chi connectivity index (χ1n) is 7.50. The maximum absolute atomic E-state index is 12.9. The van der Waals surface area contributed by atoms with Crippen molar-refractivity contribution in [2.75, 3.05) is 18.0 Å². The number of fused-ring (bicyclic) bond motifs is 1. The van der Waals surface area contributed by atoms with Gasteiger partial charge in [0.25, 0.3) is 0 Å². The predicted octanol–water partition coefficient (Wildman–Crippen LogP) is 1.81. The van der Waals surface area contributed by atoms with E-state index in [1.165, 1.54) is 0 Å². The van der Waals surface area contributed by atoms with E-state index in [2.05, 4.69) is 5.32 Å². The average Bonchev–Trinajstić information content (AvgIpc) is 3.13. The van der Waals surface area contributed by atoms with Crippen LogP contribution in [0.2, 0.25) is 0 Å². The molecule has 2 N–H and O–H groups in total. The van der Waals surface area contributed by atoms with Crippen molar-refractivity contribution < 1.29 is 14.7 Å². The number of hydrogen-bond acceptors (Lipinski definition) is 3. The molecule has 1 unspecified atom stereocenters. The first-order chi connectivity index (χ1) is 10.1. The van der Waals surface area contributed by atoms with Gasteiger partial charge in [-0.1, -0.05) is 6.92 Å². The number of carboxylic acid groups (broad SMARTS) is 1. The van der Waals surface area contributed by atoms with Gasteiger partial charge in [-0.2, -0.15) is 0 Å². The number of anilines is 1. The number of nitrogens with zero attached hydrogens (tertiary/aromatic N) is 1. The van der Waals surface area contributed by atoms with E-state index in [4.69, 9.17) is 5.11 Å². The number of aromatic carboxylic acids is 1. The van der Waals surface area contributed by atoms with Crippen LogP contribution in [0.5, 0.6) is 0 Å². The molecule has 1 amide bonds. The van der Waals surface area contributed by atoms with Crippen LogP contribution in [-0.2, 0) is 11.2 Å². The van der Waals surface area contributed by atoms with Crippen molar-refractivity contribution in [1.29, 1.82) is 0 Å². The summed E-state index contributed by atoms with van der Waals surface area (Å²) >= 11 is 0. The molecule has 0 radical (unpaired) electrons. The fourth-order valence-electron chi connectivity index (χ4n) is 3.45. The second-order valence-electron chi connectivity index (χ2n) is 5.82. The quantitative estimate of drug-likeness (QED) is 0.890. The van der Waals surface area contributed by atoms with Crippen molar-refractivity contribution in [3.8, 4) is 0 Å². The summed E-state index contributed by atoms with van der Waals surface area (Å²) in [5.74, 6) is -0.797. The van der Waals surface area contributed by atoms with Crippen molar-refractivity contribution in [2.24, 2.45) is 0 Å². The maximum atomic E-state index is 12.9. The van der Waals surface area contributed by atoms with Gasteiger partial charge in [0.2, 0.25) is 5.91 Å². The molecule has 0 bridgehead atoms. The molecule has 1 fully saturated rings. The molecule has 0 saturated carbocycles. The highest BCUT2D eigenvalue weighted by molar-refractivity contribution is 6.02. The summed E-state index contributed by atoms with van der Waals surface area (Å²) in [4.78, 5) is 25.8. The monoisotopic (exact) mass is 288 g/mol. The van der Waals surface area contributed by atoms with Gasteiger partial charge in [0.05, 0.1) is 11.1 Å². The molecule has 3 rings (SSSR count). The van der Waals surface area contributed by atoms with Crippen molar-refractivity contribution >= 4 is 17.6 Å². The van der Waals surface area contributed by atoms with Crippen LogP contribution in [0.1, 0.15) is 42.1 Å². The molecule has 1 atom stereocenters. The second-order valence-corrected chi connectivity index (χ2v) is 5.82. The van der Waals surface area contributed by atoms with E-state index in [0.717, 1.165) is 43.5 Å². The maximum Gasteiger partial charge on any atom is 0.335 e. The Hall–Kier alpha value is -1.88. The van der Waals surface area contributed by atoms with Crippen LogP contribution >= 0.6 is 0 Å². The van der Waals surface area contributed by atoms with E-state index in [-0.39, 0.29) is 11.5 Å². The molecule has 2 aliphatic rings. The van der Waals surface area contributed by atoms with E-state index >= 15 is 0 Å². The summed E-state index contributed by atoms with van der Waals surface area (Å²) in [5, 5.41) is 12.4. The highest BCUT2D eigenvalue weighted by Gasteiger charge is 2.43. The Morgan fingerprint density at radius 2 is 2.24 bits per heavy atom. The summed E-state index contributed by atoms with van der Waals surface area (Å²) in [5.41, 5.74) is 1.67. The van der Waals surface area contributed by atoms with Gasteiger partial charge in [-0.3, -0.25) is 4.79 Å². The molecule has 2 heterocycles. The molecule has 1 aromatic rings. The van der Waals surface area contributed by atoms with Crippen LogP contribution in [0.3, 0.4) is 0 Å². The number of benzene rings is 1. The zero-order valence-corrected chi connectivity index (χ0v) is 12.2. The van der Waals surface area contributed by atoms with Crippen molar-refractivity contribution in [2.45, 2.75) is 38.1 Å². The average molecular weight is 288 g/mol. The third kappa shape index (κ3) is 2.21. The third-order valence-corrected chi connectivity index (χ3v) is 4.72. The van der Waals surface area contributed by atoms with Gasteiger partial charge in [-0.05, 0) is 56.0 Å². The highest BCUT2D eigenvalue weighted by atomic mass is 16.4. The summed E-state index contributed by atoms with van der Waals surface area (Å²) in [7, 11) is 0. The number of carboxylic acids is 1. The van der Waals surface area contributed by atoms with Gasteiger partial charge in [-0.15, -0.1) is 0 Å². The van der Waals surface area contributed by atoms with Crippen LogP contribution < -0.4 is 10.2 Å². The third-order valence-electron chi connectivity index (χ3n) is 4.72. The van der Waals surface area contributed by atoms with Crippen LogP contribution in [0, 0.1) is 0 Å². The SMILES string of the molecule is CCC1(C(=O)N2CCc3cc(C(=O)O)ccc32)CCCN1. The normalized spacial score (nSPS) is 24.1. The second kappa shape index (κ2) is 5.15. The van der Waals surface area contributed by atoms with E-state index in [1.807, 2.05) is 11.8 Å². The van der Waals surface area contributed by atoms with Crippen LogP contribution in [0.4, 0.5) is 5.69 Å². The smallest absolute Gasteiger partial charge is 0.335 e. The minimum Gasteiger partial charge on any atom is -0.478 e. The summed E-state index contributed by atoms with van der Waals surface area (Å²) in [6.45, 7) is 3.57. The fraction of sp³-hybridized carbons (Fsp3) is 0.500. The van der Waals surface area contributed by atoms with Gasteiger partial charge in [0, 0.05) is 12.2 Å². The number of rotatable bonds is 3. The van der Waals surface area contributed by atoms with Crippen molar-refractivity contribution in [3.63, 3.8) is 0 Å². The molecule has 2 aliphatic heterocycles. The van der Waals surface area contributed by atoms with Crippen LogP contribution in [0.25, 0.3) is 0 Å². The topological polar surface area (TPSA) is 69.6 Å². The lowest BCUT2D eigenvalue weighted by Gasteiger charge is -2.32. The lowest BCUT2D eigenvalue weighted by Crippen LogP contribution is -2.54. The first kappa shape index (κ1) is 14.1. The summed E-state index contributed by atoms with van der Waals surface area (Å²) in [6, 6.07) is 5.03. The Bertz CT molecular complexity index is 591. The molecule has 0 aliphatic carbocycles. The molecule has 5 nitrogen and oxygen atoms in total. The first-order valence-corrected chi connectivity index (χ1v) is 7.50. The molecular weight excluding hydrogens is 268 g/mol. The zero-order chi connectivity index (χ0) is 15.0. The molecule has 112 valence electrons. The molecule has 1 saturated heterocycles. The van der Waals surface area contributed by atoms with Crippen molar-refractivity contribution in [1.82, 2.24) is 5.32 Å². The fourth-order valence-corrected chi connectivity index (χ4v) is 3.45. The Labute approximate surface area is 123 Å². The number of carbonyl (C=O) groups is 2. The standard InChI is InChI=1S/C16H20N2O3/c1-2-16(7-3-8-17-16)15(21)18-9-6-11-10-12(14(19)20)4-5-13(11)18/h4-5,10,17H,2-3,6-9H2,1H3,(H,19,20). The molecule has 21 heavy (non-hydrogen) atoms. The van der Waals surface area contributed by atoms with Gasteiger partial charge >= 0.3 is 5.97 Å². The zero-order valence-electron chi connectivity index (χ0n) is 12.2. The van der Waals surface area contributed by atoms with Crippen LogP contribution in [0.15, 0.2) is 18.2 Å². The van der Waals surface area contributed by atoms with Crippen molar-refractivity contribution in [3.05, 3.63) is 29.3 Å². The lowest BCUT2D eigenvalue weighted by atomic mass is 9.92. The molecule has 1 aromatic carbocycles. The largest absolute Gasteiger partial charge is 0.478 e. The number of nitrogens with one attached hydrogen (secondary N) is 1. The number of amides is 1. The Balaban J connectivity index is 1.90. The Morgan fingerprint density at radius 3 is 2.86 bits per heavy atom. The van der Waals surface area contributed by atoms with E-state index < -0.39 is 11.5 Å². The van der Waals surface area contributed by atoms with Gasteiger partial charge < -0.3 is 15.3 Å². The highest BCUT2D eigenvalue weighted by Crippen LogP contribution is 2.34. The summed E-state index contributed by atoms with van der Waals surface area (Å²) in [6.07, 6.45) is 3.41. The van der Waals surface area contributed by atoms with E-state index in [9.17, 15) is 9.59 Å². The number of carbonyl (C=O) groups excluding carboxylic acids is 1.